The van der Waals surface area contributed by atoms with Crippen LogP contribution in [0.15, 0.2) is 55.1 Å². The van der Waals surface area contributed by atoms with Gasteiger partial charge in [0.15, 0.2) is 0 Å². The lowest BCUT2D eigenvalue weighted by molar-refractivity contribution is 0.114. The van der Waals surface area contributed by atoms with E-state index in [1.54, 1.807) is 6.07 Å². The minimum atomic E-state index is -1.17. The standard InChI is InChI=1S/C27H28FN5O3/c1-27(2,3)36-26-24(29-8-9-30-26)25(34)17-4-7-21(28)20(14-17)23-19-6-5-18(15-22(19)31-16-32-23)33-10-12-35-13-11-33/h4-9,14-16,25,34H,10-13H2,1-3H3. The number of hydrogen-bond donors (Lipinski definition) is 1. The van der Waals surface area contributed by atoms with Gasteiger partial charge in [0.05, 0.1) is 24.4 Å². The third-order valence-electron chi connectivity index (χ3n) is 5.91. The van der Waals surface area contributed by atoms with Crippen LogP contribution in [0.5, 0.6) is 5.88 Å². The summed E-state index contributed by atoms with van der Waals surface area (Å²) in [6.45, 7) is 8.64. The second-order valence-corrected chi connectivity index (χ2v) is 9.63. The maximum atomic E-state index is 15.1. The van der Waals surface area contributed by atoms with Crippen molar-refractivity contribution in [2.45, 2.75) is 32.5 Å². The van der Waals surface area contributed by atoms with Crippen molar-refractivity contribution < 1.29 is 19.0 Å². The van der Waals surface area contributed by atoms with Gasteiger partial charge in [0.1, 0.15) is 29.5 Å². The molecule has 0 spiro atoms. The molecule has 0 radical (unpaired) electrons. The first kappa shape index (κ1) is 24.0. The van der Waals surface area contributed by atoms with E-state index >= 15 is 4.39 Å². The largest absolute Gasteiger partial charge is 0.471 e. The Hall–Kier alpha value is -3.69. The van der Waals surface area contributed by atoms with Gasteiger partial charge in [-0.25, -0.2) is 19.3 Å². The minimum absolute atomic E-state index is 0.228. The Kier molecular flexibility index (Phi) is 6.51. The summed E-state index contributed by atoms with van der Waals surface area (Å²) in [4.78, 5) is 19.6. The van der Waals surface area contributed by atoms with Gasteiger partial charge in [0.2, 0.25) is 5.88 Å². The van der Waals surface area contributed by atoms with E-state index in [0.29, 0.717) is 30.0 Å². The zero-order valence-electron chi connectivity index (χ0n) is 20.5. The Bertz CT molecular complexity index is 1390. The van der Waals surface area contributed by atoms with E-state index in [2.05, 4.69) is 24.8 Å². The van der Waals surface area contributed by atoms with Crippen molar-refractivity contribution in [1.29, 1.82) is 0 Å². The van der Waals surface area contributed by atoms with Crippen LogP contribution in [0.4, 0.5) is 10.1 Å². The molecule has 1 fully saturated rings. The number of ether oxygens (including phenoxy) is 2. The van der Waals surface area contributed by atoms with Crippen LogP contribution in [-0.4, -0.2) is 56.9 Å². The summed E-state index contributed by atoms with van der Waals surface area (Å²) in [6.07, 6.45) is 3.26. The van der Waals surface area contributed by atoms with Gasteiger partial charge >= 0.3 is 0 Å². The number of benzene rings is 2. The highest BCUT2D eigenvalue weighted by atomic mass is 19.1. The van der Waals surface area contributed by atoms with E-state index < -0.39 is 17.5 Å². The Morgan fingerprint density at radius 2 is 1.78 bits per heavy atom. The minimum Gasteiger partial charge on any atom is -0.471 e. The summed E-state index contributed by atoms with van der Waals surface area (Å²) >= 11 is 0. The maximum absolute atomic E-state index is 15.1. The number of rotatable bonds is 5. The zero-order chi connectivity index (χ0) is 25.3. The summed E-state index contributed by atoms with van der Waals surface area (Å²) in [5.41, 5.74) is 2.64. The van der Waals surface area contributed by atoms with Crippen molar-refractivity contribution in [1.82, 2.24) is 19.9 Å². The molecule has 0 aliphatic carbocycles. The molecule has 2 aromatic carbocycles. The second kappa shape index (κ2) is 9.75. The molecule has 0 saturated carbocycles. The van der Waals surface area contributed by atoms with E-state index in [-0.39, 0.29) is 17.1 Å². The first-order valence-corrected chi connectivity index (χ1v) is 11.9. The summed E-state index contributed by atoms with van der Waals surface area (Å²) < 4.78 is 26.4. The number of halogens is 1. The lowest BCUT2D eigenvalue weighted by Gasteiger charge is -2.29. The number of hydrogen-bond acceptors (Lipinski definition) is 8. The number of fused-ring (bicyclic) bond motifs is 1. The number of aliphatic hydroxyl groups excluding tert-OH is 1. The van der Waals surface area contributed by atoms with Gasteiger partial charge in [-0.05, 0) is 56.7 Å². The molecular weight excluding hydrogens is 461 g/mol. The number of morpholine rings is 1. The normalized spacial score (nSPS) is 15.2. The number of aromatic nitrogens is 4. The van der Waals surface area contributed by atoms with Crippen molar-refractivity contribution in [3.8, 4) is 17.1 Å². The molecule has 3 heterocycles. The average Bonchev–Trinajstić information content (AvgIpc) is 2.88. The molecule has 8 nitrogen and oxygen atoms in total. The van der Waals surface area contributed by atoms with Gasteiger partial charge in [0.25, 0.3) is 0 Å². The summed E-state index contributed by atoms with van der Waals surface area (Å²) in [5, 5.41) is 11.9. The molecule has 36 heavy (non-hydrogen) atoms. The first-order valence-electron chi connectivity index (χ1n) is 11.9. The topological polar surface area (TPSA) is 93.5 Å². The zero-order valence-corrected chi connectivity index (χ0v) is 20.5. The van der Waals surface area contributed by atoms with Crippen molar-refractivity contribution in [2.24, 2.45) is 0 Å². The van der Waals surface area contributed by atoms with Crippen LogP contribution in [0.25, 0.3) is 22.2 Å². The fourth-order valence-corrected chi connectivity index (χ4v) is 4.22. The van der Waals surface area contributed by atoms with Crippen molar-refractivity contribution in [3.63, 3.8) is 0 Å². The fourth-order valence-electron chi connectivity index (χ4n) is 4.22. The number of nitrogens with zero attached hydrogens (tertiary/aromatic N) is 5. The number of aliphatic hydroxyl groups is 1. The second-order valence-electron chi connectivity index (χ2n) is 9.63. The van der Waals surface area contributed by atoms with Crippen LogP contribution in [0.3, 0.4) is 0 Å². The third kappa shape index (κ3) is 4.98. The SMILES string of the molecule is CC(C)(C)Oc1nccnc1C(O)c1ccc(F)c(-c2ncnc3cc(N4CCOCC4)ccc23)c1. The van der Waals surface area contributed by atoms with Gasteiger partial charge < -0.3 is 19.5 Å². The molecule has 1 atom stereocenters. The highest BCUT2D eigenvalue weighted by Gasteiger charge is 2.24. The van der Waals surface area contributed by atoms with Gasteiger partial charge in [0, 0.05) is 42.1 Å². The van der Waals surface area contributed by atoms with Crippen molar-refractivity contribution in [2.75, 3.05) is 31.2 Å². The lowest BCUT2D eigenvalue weighted by Crippen LogP contribution is -2.36. The first-order chi connectivity index (χ1) is 17.3. The molecule has 0 amide bonds. The third-order valence-corrected chi connectivity index (χ3v) is 5.91. The van der Waals surface area contributed by atoms with Crippen molar-refractivity contribution >= 4 is 16.6 Å². The molecule has 186 valence electrons. The molecule has 2 aromatic heterocycles. The molecule has 1 saturated heterocycles. The van der Waals surface area contributed by atoms with Crippen LogP contribution in [0.2, 0.25) is 0 Å². The van der Waals surface area contributed by atoms with Crippen LogP contribution < -0.4 is 9.64 Å². The monoisotopic (exact) mass is 489 g/mol. The smallest absolute Gasteiger partial charge is 0.239 e. The molecule has 1 unspecified atom stereocenters. The van der Waals surface area contributed by atoms with Crippen LogP contribution in [0, 0.1) is 5.82 Å². The van der Waals surface area contributed by atoms with Crippen LogP contribution in [-0.2, 0) is 4.74 Å². The highest BCUT2D eigenvalue weighted by Crippen LogP contribution is 2.34. The fraction of sp³-hybridized carbons (Fsp3) is 0.333. The van der Waals surface area contributed by atoms with E-state index in [9.17, 15) is 5.11 Å². The Balaban J connectivity index is 1.53. The van der Waals surface area contributed by atoms with Gasteiger partial charge in [-0.1, -0.05) is 6.07 Å². The van der Waals surface area contributed by atoms with E-state index in [4.69, 9.17) is 9.47 Å². The lowest BCUT2D eigenvalue weighted by atomic mass is 9.99. The summed E-state index contributed by atoms with van der Waals surface area (Å²) in [7, 11) is 0. The van der Waals surface area contributed by atoms with E-state index in [1.807, 2.05) is 39.0 Å². The summed E-state index contributed by atoms with van der Waals surface area (Å²) in [5.74, 6) is -0.222. The van der Waals surface area contributed by atoms with Gasteiger partial charge in [-0.15, -0.1) is 0 Å². The molecular formula is C27H28FN5O3. The van der Waals surface area contributed by atoms with E-state index in [1.165, 1.54) is 30.9 Å². The Morgan fingerprint density at radius 3 is 2.56 bits per heavy atom. The van der Waals surface area contributed by atoms with Gasteiger partial charge in [-0.3, -0.25) is 4.98 Å². The predicted molar refractivity (Wildman–Crippen MR) is 134 cm³/mol. The van der Waals surface area contributed by atoms with Crippen LogP contribution >= 0.6 is 0 Å². The highest BCUT2D eigenvalue weighted by molar-refractivity contribution is 5.94. The molecule has 9 heteroatoms. The van der Waals surface area contributed by atoms with E-state index in [0.717, 1.165) is 24.2 Å². The number of anilines is 1. The average molecular weight is 490 g/mol. The van der Waals surface area contributed by atoms with Crippen molar-refractivity contribution in [3.05, 3.63) is 72.2 Å². The predicted octanol–water partition coefficient (Wildman–Crippen LogP) is 4.32. The molecule has 4 aromatic rings. The molecule has 1 aliphatic rings. The summed E-state index contributed by atoms with van der Waals surface area (Å²) in [6, 6.07) is 10.3. The molecule has 1 N–H and O–H groups in total. The maximum Gasteiger partial charge on any atom is 0.239 e. The Labute approximate surface area is 208 Å². The van der Waals surface area contributed by atoms with Gasteiger partial charge in [-0.2, -0.15) is 0 Å². The van der Waals surface area contributed by atoms with Crippen LogP contribution in [0.1, 0.15) is 38.1 Å². The Morgan fingerprint density at radius 1 is 1.00 bits per heavy atom. The quantitative estimate of drug-likeness (QED) is 0.443. The molecule has 5 rings (SSSR count). The molecule has 1 aliphatic heterocycles. The molecule has 0 bridgehead atoms.